The van der Waals surface area contributed by atoms with Gasteiger partial charge in [-0.25, -0.2) is 0 Å². The maximum Gasteiger partial charge on any atom is 0.240 e. The fourth-order valence-electron chi connectivity index (χ4n) is 4.95. The van der Waals surface area contributed by atoms with Gasteiger partial charge in [-0.3, -0.25) is 9.59 Å². The molecule has 0 fully saturated rings. The van der Waals surface area contributed by atoms with E-state index in [1.807, 2.05) is 24.3 Å². The van der Waals surface area contributed by atoms with E-state index in [4.69, 9.17) is 23.2 Å². The standard InChI is InChI=1S/C26H16Cl2N2O2/c27-18-6-2-5-17(10-18)23-13-20(31)12-22(16-4-1-3-15(9-16)14-29)26(23)21-8-7-19(28)11-24(21)30-25(26)32/h1-12,23H,13H2,(H,30,32)/t23-,26+/m0/s1. The number of nitriles is 1. The number of hydrogen-bond acceptors (Lipinski definition) is 3. The van der Waals surface area contributed by atoms with Crippen LogP contribution in [-0.4, -0.2) is 11.7 Å². The second-order valence-electron chi connectivity index (χ2n) is 7.98. The summed E-state index contributed by atoms with van der Waals surface area (Å²) < 4.78 is 0. The lowest BCUT2D eigenvalue weighted by Crippen LogP contribution is -2.45. The summed E-state index contributed by atoms with van der Waals surface area (Å²) in [6, 6.07) is 21.7. The van der Waals surface area contributed by atoms with E-state index in [1.54, 1.807) is 48.5 Å². The average Bonchev–Trinajstić information content (AvgIpc) is 3.06. The maximum atomic E-state index is 13.8. The van der Waals surface area contributed by atoms with Crippen LogP contribution in [0.15, 0.2) is 72.8 Å². The fourth-order valence-corrected chi connectivity index (χ4v) is 5.33. The summed E-state index contributed by atoms with van der Waals surface area (Å²) >= 11 is 12.5. The van der Waals surface area contributed by atoms with Crippen LogP contribution >= 0.6 is 23.2 Å². The van der Waals surface area contributed by atoms with Gasteiger partial charge in [0.05, 0.1) is 11.6 Å². The van der Waals surface area contributed by atoms with Crippen LogP contribution < -0.4 is 5.32 Å². The van der Waals surface area contributed by atoms with Gasteiger partial charge in [-0.1, -0.05) is 53.5 Å². The Balaban J connectivity index is 1.85. The molecule has 1 aliphatic carbocycles. The van der Waals surface area contributed by atoms with Crippen LogP contribution in [-0.2, 0) is 15.0 Å². The Morgan fingerprint density at radius 2 is 1.75 bits per heavy atom. The summed E-state index contributed by atoms with van der Waals surface area (Å²) in [7, 11) is 0. The molecule has 1 N–H and O–H groups in total. The minimum atomic E-state index is -1.17. The van der Waals surface area contributed by atoms with Gasteiger partial charge < -0.3 is 5.32 Å². The molecule has 3 aromatic rings. The molecule has 1 amide bonds. The average molecular weight is 459 g/mol. The molecule has 1 spiro atoms. The Labute approximate surface area is 195 Å². The van der Waals surface area contributed by atoms with Crippen LogP contribution in [0.4, 0.5) is 5.69 Å². The zero-order chi connectivity index (χ0) is 22.5. The summed E-state index contributed by atoms with van der Waals surface area (Å²) in [4.78, 5) is 26.8. The number of allylic oxidation sites excluding steroid dienone is 1. The third-order valence-electron chi connectivity index (χ3n) is 6.22. The molecule has 32 heavy (non-hydrogen) atoms. The Bertz CT molecular complexity index is 1370. The van der Waals surface area contributed by atoms with Gasteiger partial charge >= 0.3 is 0 Å². The molecule has 6 heteroatoms. The molecule has 3 aromatic carbocycles. The zero-order valence-corrected chi connectivity index (χ0v) is 18.2. The highest BCUT2D eigenvalue weighted by Gasteiger charge is 2.57. The van der Waals surface area contributed by atoms with Crippen molar-refractivity contribution in [3.63, 3.8) is 0 Å². The molecule has 0 unspecified atom stereocenters. The molecule has 1 aliphatic heterocycles. The second kappa shape index (κ2) is 7.63. The summed E-state index contributed by atoms with van der Waals surface area (Å²) in [5.74, 6) is -0.809. The van der Waals surface area contributed by atoms with E-state index in [0.29, 0.717) is 32.4 Å². The van der Waals surface area contributed by atoms with Crippen molar-refractivity contribution >= 4 is 46.2 Å². The third kappa shape index (κ3) is 3.05. The SMILES string of the molecule is N#Cc1cccc(C2=CC(=O)C[C@@H](c3cccc(Cl)c3)[C@]23C(=O)Nc2cc(Cl)ccc23)c1. The Kier molecular flexibility index (Phi) is 4.89. The normalized spacial score (nSPS) is 21.7. The highest BCUT2D eigenvalue weighted by Crippen LogP contribution is 2.58. The van der Waals surface area contributed by atoms with Gasteiger partial charge in [-0.2, -0.15) is 5.26 Å². The Hall–Kier alpha value is -3.39. The molecule has 0 bridgehead atoms. The van der Waals surface area contributed by atoms with Crippen molar-refractivity contribution in [2.24, 2.45) is 0 Å². The first-order chi connectivity index (χ1) is 15.4. The lowest BCUT2D eigenvalue weighted by molar-refractivity contribution is -0.121. The van der Waals surface area contributed by atoms with Gasteiger partial charge in [-0.15, -0.1) is 0 Å². The highest BCUT2D eigenvalue weighted by atomic mass is 35.5. The number of benzene rings is 3. The van der Waals surface area contributed by atoms with Gasteiger partial charge in [-0.05, 0) is 64.7 Å². The van der Waals surface area contributed by atoms with E-state index >= 15 is 0 Å². The summed E-state index contributed by atoms with van der Waals surface area (Å²) in [6.07, 6.45) is 1.69. The molecule has 2 atom stereocenters. The van der Waals surface area contributed by atoms with Gasteiger partial charge in [0.25, 0.3) is 0 Å². The first kappa shape index (κ1) is 20.5. The van der Waals surface area contributed by atoms with E-state index in [2.05, 4.69) is 11.4 Å². The van der Waals surface area contributed by atoms with Crippen molar-refractivity contribution in [3.8, 4) is 6.07 Å². The molecule has 4 nitrogen and oxygen atoms in total. The summed E-state index contributed by atoms with van der Waals surface area (Å²) in [6.45, 7) is 0. The van der Waals surface area contributed by atoms with Crippen LogP contribution in [0, 0.1) is 11.3 Å². The minimum absolute atomic E-state index is 0.0897. The van der Waals surface area contributed by atoms with Crippen LogP contribution in [0.1, 0.15) is 34.6 Å². The number of fused-ring (bicyclic) bond motifs is 2. The Morgan fingerprint density at radius 1 is 0.969 bits per heavy atom. The number of halogens is 2. The van der Waals surface area contributed by atoms with Gasteiger partial charge in [0, 0.05) is 28.1 Å². The van der Waals surface area contributed by atoms with Crippen LogP contribution in [0.5, 0.6) is 0 Å². The number of amides is 1. The minimum Gasteiger partial charge on any atom is -0.325 e. The summed E-state index contributed by atoms with van der Waals surface area (Å²) in [5.41, 5.74) is 2.66. The van der Waals surface area contributed by atoms with Crippen LogP contribution in [0.3, 0.4) is 0 Å². The van der Waals surface area contributed by atoms with E-state index in [1.165, 1.54) is 0 Å². The number of nitrogens with one attached hydrogen (secondary N) is 1. The summed E-state index contributed by atoms with van der Waals surface area (Å²) in [5, 5.41) is 13.4. The maximum absolute atomic E-state index is 13.8. The van der Waals surface area contributed by atoms with Crippen molar-refractivity contribution in [2.45, 2.75) is 17.8 Å². The monoisotopic (exact) mass is 458 g/mol. The predicted molar refractivity (Wildman–Crippen MR) is 125 cm³/mol. The lowest BCUT2D eigenvalue weighted by Gasteiger charge is -2.41. The smallest absolute Gasteiger partial charge is 0.240 e. The van der Waals surface area contributed by atoms with E-state index in [9.17, 15) is 14.9 Å². The number of anilines is 1. The molecular formula is C26H16Cl2N2O2. The van der Waals surface area contributed by atoms with Crippen molar-refractivity contribution in [2.75, 3.05) is 5.32 Å². The Morgan fingerprint density at radius 3 is 2.53 bits per heavy atom. The number of nitrogens with zero attached hydrogens (tertiary/aromatic N) is 1. The van der Waals surface area contributed by atoms with Crippen molar-refractivity contribution in [1.82, 2.24) is 0 Å². The predicted octanol–water partition coefficient (Wildman–Crippen LogP) is 5.90. The fraction of sp³-hybridized carbons (Fsp3) is 0.115. The van der Waals surface area contributed by atoms with Gasteiger partial charge in [0.15, 0.2) is 5.78 Å². The molecule has 0 aromatic heterocycles. The number of rotatable bonds is 2. The molecule has 2 aliphatic rings. The molecule has 0 saturated carbocycles. The molecule has 156 valence electrons. The number of carbonyl (C=O) groups excluding carboxylic acids is 2. The number of hydrogen-bond donors (Lipinski definition) is 1. The van der Waals surface area contributed by atoms with Crippen molar-refractivity contribution in [1.29, 1.82) is 5.26 Å². The topological polar surface area (TPSA) is 70.0 Å². The quantitative estimate of drug-likeness (QED) is 0.519. The van der Waals surface area contributed by atoms with E-state index < -0.39 is 11.3 Å². The zero-order valence-electron chi connectivity index (χ0n) is 16.7. The first-order valence-corrected chi connectivity index (χ1v) is 10.8. The number of carbonyl (C=O) groups is 2. The molecule has 0 saturated heterocycles. The van der Waals surface area contributed by atoms with Crippen molar-refractivity contribution < 1.29 is 9.59 Å². The van der Waals surface area contributed by atoms with Gasteiger partial charge in [0.1, 0.15) is 5.41 Å². The molecule has 1 heterocycles. The molecule has 5 rings (SSSR count). The van der Waals surface area contributed by atoms with Crippen LogP contribution in [0.25, 0.3) is 5.57 Å². The third-order valence-corrected chi connectivity index (χ3v) is 6.69. The van der Waals surface area contributed by atoms with Crippen LogP contribution in [0.2, 0.25) is 10.0 Å². The first-order valence-electron chi connectivity index (χ1n) is 10.1. The van der Waals surface area contributed by atoms with E-state index in [-0.39, 0.29) is 18.1 Å². The lowest BCUT2D eigenvalue weighted by atomic mass is 9.58. The van der Waals surface area contributed by atoms with Gasteiger partial charge in [0.2, 0.25) is 5.91 Å². The largest absolute Gasteiger partial charge is 0.325 e. The highest BCUT2D eigenvalue weighted by molar-refractivity contribution is 6.31. The van der Waals surface area contributed by atoms with Crippen molar-refractivity contribution in [3.05, 3.63) is 105 Å². The number of ketones is 1. The molecule has 0 radical (unpaired) electrons. The second-order valence-corrected chi connectivity index (χ2v) is 8.85. The van der Waals surface area contributed by atoms with E-state index in [0.717, 1.165) is 11.1 Å². The molecular weight excluding hydrogens is 443 g/mol.